The largest absolute Gasteiger partial charge is 0.478 e. The Morgan fingerprint density at radius 1 is 1.07 bits per heavy atom. The second-order valence-corrected chi connectivity index (χ2v) is 7.32. The van der Waals surface area contributed by atoms with E-state index in [1.54, 1.807) is 12.3 Å². The van der Waals surface area contributed by atoms with Crippen LogP contribution >= 0.6 is 0 Å². The summed E-state index contributed by atoms with van der Waals surface area (Å²) in [6.07, 6.45) is 2.51. The number of carboxylic acids is 1. The van der Waals surface area contributed by atoms with Crippen LogP contribution in [0.2, 0.25) is 0 Å². The molecule has 2 aromatic carbocycles. The quantitative estimate of drug-likeness (QED) is 0.658. The Morgan fingerprint density at radius 2 is 1.72 bits per heavy atom. The van der Waals surface area contributed by atoms with Gasteiger partial charge in [-0.2, -0.15) is 0 Å². The van der Waals surface area contributed by atoms with Crippen molar-refractivity contribution in [3.63, 3.8) is 0 Å². The van der Waals surface area contributed by atoms with Crippen LogP contribution < -0.4 is 0 Å². The van der Waals surface area contributed by atoms with Crippen molar-refractivity contribution < 1.29 is 14.6 Å². The molecule has 29 heavy (non-hydrogen) atoms. The molecule has 0 spiro atoms. The Kier molecular flexibility index (Phi) is 5.98. The van der Waals surface area contributed by atoms with Crippen LogP contribution in [0.15, 0.2) is 79.0 Å². The van der Waals surface area contributed by atoms with Crippen molar-refractivity contribution in [3.05, 3.63) is 101 Å². The molecule has 1 aliphatic rings. The van der Waals surface area contributed by atoms with Crippen molar-refractivity contribution in [2.45, 2.75) is 25.2 Å². The third-order valence-corrected chi connectivity index (χ3v) is 5.21. The minimum Gasteiger partial charge on any atom is -0.478 e. The summed E-state index contributed by atoms with van der Waals surface area (Å²) in [5.41, 5.74) is 3.34. The third-order valence-electron chi connectivity index (χ3n) is 5.21. The summed E-state index contributed by atoms with van der Waals surface area (Å²) in [7, 11) is 0. The first-order chi connectivity index (χ1) is 14.2. The zero-order valence-electron chi connectivity index (χ0n) is 16.1. The normalized spacial score (nSPS) is 16.9. The van der Waals surface area contributed by atoms with Gasteiger partial charge in [-0.3, -0.25) is 9.88 Å². The lowest BCUT2D eigenvalue weighted by molar-refractivity contribution is 0.0138. The highest BCUT2D eigenvalue weighted by molar-refractivity contribution is 5.87. The van der Waals surface area contributed by atoms with Crippen LogP contribution in [0, 0.1) is 0 Å². The molecule has 0 amide bonds. The summed E-state index contributed by atoms with van der Waals surface area (Å²) >= 11 is 0. The minimum atomic E-state index is -0.926. The SMILES string of the molecule is O=C(O)c1ccnc(CN2CCC(OC(c3ccccc3)c3ccccc3)C2)c1. The van der Waals surface area contributed by atoms with Gasteiger partial charge in [0.2, 0.25) is 0 Å². The van der Waals surface area contributed by atoms with E-state index in [4.69, 9.17) is 9.84 Å². The molecule has 1 aromatic heterocycles. The van der Waals surface area contributed by atoms with Gasteiger partial charge < -0.3 is 9.84 Å². The number of pyridine rings is 1. The maximum atomic E-state index is 11.2. The van der Waals surface area contributed by atoms with E-state index in [0.717, 1.165) is 36.3 Å². The molecule has 0 aliphatic carbocycles. The molecule has 1 atom stereocenters. The standard InChI is InChI=1S/C24H24N2O3/c27-24(28)20-11-13-25-21(15-20)16-26-14-12-22(17-26)29-23(18-7-3-1-4-8-18)19-9-5-2-6-10-19/h1-11,13,15,22-23H,12,14,16-17H2,(H,27,28). The van der Waals surface area contributed by atoms with Gasteiger partial charge in [0, 0.05) is 25.8 Å². The van der Waals surface area contributed by atoms with Gasteiger partial charge in [-0.05, 0) is 29.7 Å². The van der Waals surface area contributed by atoms with E-state index in [1.807, 2.05) is 36.4 Å². The lowest BCUT2D eigenvalue weighted by atomic mass is 10.0. The Morgan fingerprint density at radius 3 is 2.34 bits per heavy atom. The van der Waals surface area contributed by atoms with E-state index >= 15 is 0 Å². The topological polar surface area (TPSA) is 62.7 Å². The van der Waals surface area contributed by atoms with Crippen LogP contribution in [0.25, 0.3) is 0 Å². The minimum absolute atomic E-state index is 0.101. The predicted molar refractivity (Wildman–Crippen MR) is 111 cm³/mol. The van der Waals surface area contributed by atoms with Gasteiger partial charge in [0.1, 0.15) is 6.10 Å². The number of hydrogen-bond acceptors (Lipinski definition) is 4. The Hall–Kier alpha value is -3.02. The molecular weight excluding hydrogens is 364 g/mol. The van der Waals surface area contributed by atoms with E-state index in [0.29, 0.717) is 6.54 Å². The summed E-state index contributed by atoms with van der Waals surface area (Å²) in [4.78, 5) is 17.8. The average Bonchev–Trinajstić information content (AvgIpc) is 3.20. The van der Waals surface area contributed by atoms with Gasteiger partial charge in [-0.25, -0.2) is 4.79 Å². The molecule has 1 saturated heterocycles. The molecule has 3 aromatic rings. The lowest BCUT2D eigenvalue weighted by Gasteiger charge is -2.23. The van der Waals surface area contributed by atoms with Crippen LogP contribution in [0.3, 0.4) is 0 Å². The summed E-state index contributed by atoms with van der Waals surface area (Å²) < 4.78 is 6.56. The highest BCUT2D eigenvalue weighted by Gasteiger charge is 2.27. The van der Waals surface area contributed by atoms with Gasteiger partial charge in [-0.1, -0.05) is 60.7 Å². The zero-order chi connectivity index (χ0) is 20.1. The summed E-state index contributed by atoms with van der Waals surface area (Å²) in [6, 6.07) is 23.8. The molecule has 1 unspecified atom stereocenters. The molecule has 0 radical (unpaired) electrons. The van der Waals surface area contributed by atoms with Crippen LogP contribution in [0.4, 0.5) is 0 Å². The van der Waals surface area contributed by atoms with Gasteiger partial charge in [0.05, 0.1) is 17.4 Å². The molecule has 4 rings (SSSR count). The molecule has 0 bridgehead atoms. The maximum absolute atomic E-state index is 11.2. The molecule has 1 fully saturated rings. The molecule has 1 N–H and O–H groups in total. The first-order valence-electron chi connectivity index (χ1n) is 9.85. The van der Waals surface area contributed by atoms with Gasteiger partial charge in [0.25, 0.3) is 0 Å². The number of likely N-dealkylation sites (tertiary alicyclic amines) is 1. The molecule has 148 valence electrons. The highest BCUT2D eigenvalue weighted by Crippen LogP contribution is 2.30. The van der Waals surface area contributed by atoms with Crippen molar-refractivity contribution >= 4 is 5.97 Å². The molecule has 1 aliphatic heterocycles. The second-order valence-electron chi connectivity index (χ2n) is 7.32. The second kappa shape index (κ2) is 8.99. The lowest BCUT2D eigenvalue weighted by Crippen LogP contribution is -2.25. The predicted octanol–water partition coefficient (Wildman–Crippen LogP) is 4.16. The summed E-state index contributed by atoms with van der Waals surface area (Å²) in [6.45, 7) is 2.33. The summed E-state index contributed by atoms with van der Waals surface area (Å²) in [5.74, 6) is -0.926. The van der Waals surface area contributed by atoms with E-state index in [9.17, 15) is 4.79 Å². The van der Waals surface area contributed by atoms with E-state index in [1.165, 1.54) is 6.07 Å². The fourth-order valence-electron chi connectivity index (χ4n) is 3.78. The number of rotatable bonds is 7. The number of carboxylic acid groups (broad SMARTS) is 1. The number of aromatic carboxylic acids is 1. The highest BCUT2D eigenvalue weighted by atomic mass is 16.5. The van der Waals surface area contributed by atoms with Crippen LogP contribution in [0.1, 0.15) is 39.7 Å². The molecule has 5 nitrogen and oxygen atoms in total. The van der Waals surface area contributed by atoms with E-state index < -0.39 is 5.97 Å². The number of hydrogen-bond donors (Lipinski definition) is 1. The molecular formula is C24H24N2O3. The fourth-order valence-corrected chi connectivity index (χ4v) is 3.78. The number of ether oxygens (including phenoxy) is 1. The van der Waals surface area contributed by atoms with Gasteiger partial charge >= 0.3 is 5.97 Å². The van der Waals surface area contributed by atoms with Crippen molar-refractivity contribution in [1.29, 1.82) is 0 Å². The van der Waals surface area contributed by atoms with Crippen LogP contribution in [-0.2, 0) is 11.3 Å². The molecule has 0 saturated carbocycles. The number of carbonyl (C=O) groups is 1. The smallest absolute Gasteiger partial charge is 0.335 e. The Balaban J connectivity index is 1.44. The van der Waals surface area contributed by atoms with E-state index in [-0.39, 0.29) is 17.8 Å². The maximum Gasteiger partial charge on any atom is 0.335 e. The number of aromatic nitrogens is 1. The van der Waals surface area contributed by atoms with Gasteiger partial charge in [-0.15, -0.1) is 0 Å². The number of benzene rings is 2. The first-order valence-corrected chi connectivity index (χ1v) is 9.85. The van der Waals surface area contributed by atoms with Crippen LogP contribution in [-0.4, -0.2) is 40.2 Å². The fraction of sp³-hybridized carbons (Fsp3) is 0.250. The monoisotopic (exact) mass is 388 g/mol. The third kappa shape index (κ3) is 4.88. The molecule has 2 heterocycles. The first kappa shape index (κ1) is 19.3. The Bertz CT molecular complexity index is 907. The molecule has 5 heteroatoms. The van der Waals surface area contributed by atoms with E-state index in [2.05, 4.69) is 34.1 Å². The Labute approximate surface area is 170 Å². The zero-order valence-corrected chi connectivity index (χ0v) is 16.1. The summed E-state index contributed by atoms with van der Waals surface area (Å²) in [5, 5.41) is 9.17. The van der Waals surface area contributed by atoms with Crippen molar-refractivity contribution in [3.8, 4) is 0 Å². The van der Waals surface area contributed by atoms with Gasteiger partial charge in [0.15, 0.2) is 0 Å². The number of nitrogens with zero attached hydrogens (tertiary/aromatic N) is 2. The average molecular weight is 388 g/mol. The van der Waals surface area contributed by atoms with Crippen LogP contribution in [0.5, 0.6) is 0 Å². The van der Waals surface area contributed by atoms with Crippen molar-refractivity contribution in [2.24, 2.45) is 0 Å². The van der Waals surface area contributed by atoms with Crippen molar-refractivity contribution in [1.82, 2.24) is 9.88 Å². The van der Waals surface area contributed by atoms with Crippen molar-refractivity contribution in [2.75, 3.05) is 13.1 Å².